The summed E-state index contributed by atoms with van der Waals surface area (Å²) in [7, 11) is 0. The van der Waals surface area contributed by atoms with Crippen molar-refractivity contribution in [3.63, 3.8) is 0 Å². The van der Waals surface area contributed by atoms with Gasteiger partial charge in [-0.3, -0.25) is 0 Å². The van der Waals surface area contributed by atoms with Crippen LogP contribution < -0.4 is 11.1 Å². The first-order chi connectivity index (χ1) is 8.63. The van der Waals surface area contributed by atoms with E-state index >= 15 is 0 Å². The highest BCUT2D eigenvalue weighted by molar-refractivity contribution is 5.92. The lowest BCUT2D eigenvalue weighted by Crippen LogP contribution is -2.22. The number of rotatable bonds is 2. The quantitative estimate of drug-likeness (QED) is 0.624. The molecule has 18 heavy (non-hydrogen) atoms. The SMILES string of the molecule is Cc1ccc(N=C(N)Nc2ccc(C)cn2)nc1. The van der Waals surface area contributed by atoms with Crippen LogP contribution in [0.3, 0.4) is 0 Å². The molecule has 2 heterocycles. The molecular formula is C13H15N5. The van der Waals surface area contributed by atoms with E-state index in [0.29, 0.717) is 11.6 Å². The van der Waals surface area contributed by atoms with Gasteiger partial charge >= 0.3 is 0 Å². The van der Waals surface area contributed by atoms with Gasteiger partial charge in [0, 0.05) is 12.4 Å². The third-order valence-electron chi connectivity index (χ3n) is 2.30. The van der Waals surface area contributed by atoms with E-state index in [9.17, 15) is 0 Å². The number of nitrogens with one attached hydrogen (secondary N) is 1. The fraction of sp³-hybridized carbons (Fsp3) is 0.154. The zero-order valence-electron chi connectivity index (χ0n) is 10.4. The molecule has 0 bridgehead atoms. The van der Waals surface area contributed by atoms with E-state index in [1.54, 1.807) is 12.4 Å². The third kappa shape index (κ3) is 3.28. The predicted octanol–water partition coefficient (Wildman–Crippen LogP) is 2.15. The van der Waals surface area contributed by atoms with Gasteiger partial charge in [-0.25, -0.2) is 9.97 Å². The molecule has 0 radical (unpaired) electrons. The fourth-order valence-electron chi connectivity index (χ4n) is 1.35. The number of hydrogen-bond donors (Lipinski definition) is 2. The number of nitrogens with two attached hydrogens (primary N) is 1. The number of aromatic nitrogens is 2. The molecule has 0 aliphatic heterocycles. The first-order valence-electron chi connectivity index (χ1n) is 5.60. The Morgan fingerprint density at radius 2 is 1.72 bits per heavy atom. The van der Waals surface area contributed by atoms with Gasteiger partial charge in [-0.2, -0.15) is 4.99 Å². The van der Waals surface area contributed by atoms with Crippen LogP contribution in [0.2, 0.25) is 0 Å². The zero-order chi connectivity index (χ0) is 13.0. The van der Waals surface area contributed by atoms with Crippen molar-refractivity contribution in [3.8, 4) is 0 Å². The minimum absolute atomic E-state index is 0.266. The Labute approximate surface area is 106 Å². The first kappa shape index (κ1) is 12.0. The van der Waals surface area contributed by atoms with E-state index < -0.39 is 0 Å². The van der Waals surface area contributed by atoms with Crippen LogP contribution in [-0.4, -0.2) is 15.9 Å². The minimum atomic E-state index is 0.266. The molecule has 0 saturated heterocycles. The molecule has 0 aliphatic carbocycles. The Bertz CT molecular complexity index is 543. The molecule has 2 aromatic rings. The standard InChI is InChI=1S/C13H15N5/c1-9-3-5-11(15-7-9)17-13(14)18-12-6-4-10(2)8-16-12/h3-8H,1-2H3,(H3,14,15,16,17,18). The largest absolute Gasteiger partial charge is 0.369 e. The summed E-state index contributed by atoms with van der Waals surface area (Å²) < 4.78 is 0. The number of aliphatic imine (C=N–C) groups is 1. The number of guanidine groups is 1. The summed E-state index contributed by atoms with van der Waals surface area (Å²) in [6.45, 7) is 3.95. The van der Waals surface area contributed by atoms with Gasteiger partial charge in [0.2, 0.25) is 5.96 Å². The lowest BCUT2D eigenvalue weighted by atomic mass is 10.3. The topological polar surface area (TPSA) is 76.2 Å². The number of aryl methyl sites for hydroxylation is 2. The van der Waals surface area contributed by atoms with Gasteiger partial charge in [-0.05, 0) is 37.1 Å². The van der Waals surface area contributed by atoms with Crippen LogP contribution in [-0.2, 0) is 0 Å². The van der Waals surface area contributed by atoms with Crippen molar-refractivity contribution in [2.75, 3.05) is 5.32 Å². The first-order valence-corrected chi connectivity index (χ1v) is 5.60. The molecule has 92 valence electrons. The fourth-order valence-corrected chi connectivity index (χ4v) is 1.35. The summed E-state index contributed by atoms with van der Waals surface area (Å²) in [5.74, 6) is 1.49. The Morgan fingerprint density at radius 3 is 2.28 bits per heavy atom. The summed E-state index contributed by atoms with van der Waals surface area (Å²) in [4.78, 5) is 12.5. The smallest absolute Gasteiger partial charge is 0.201 e. The number of hydrogen-bond acceptors (Lipinski definition) is 3. The van der Waals surface area contributed by atoms with E-state index in [2.05, 4.69) is 20.3 Å². The Morgan fingerprint density at radius 1 is 1.06 bits per heavy atom. The molecule has 0 spiro atoms. The molecule has 0 aliphatic rings. The normalized spacial score (nSPS) is 11.3. The molecule has 0 amide bonds. The maximum absolute atomic E-state index is 5.77. The number of pyridine rings is 2. The van der Waals surface area contributed by atoms with Crippen molar-refractivity contribution in [2.45, 2.75) is 13.8 Å². The van der Waals surface area contributed by atoms with Crippen molar-refractivity contribution in [2.24, 2.45) is 10.7 Å². The number of nitrogens with zero attached hydrogens (tertiary/aromatic N) is 3. The van der Waals surface area contributed by atoms with Crippen LogP contribution in [0.1, 0.15) is 11.1 Å². The monoisotopic (exact) mass is 241 g/mol. The lowest BCUT2D eigenvalue weighted by Gasteiger charge is -2.04. The second kappa shape index (κ2) is 5.27. The second-order valence-corrected chi connectivity index (χ2v) is 4.04. The van der Waals surface area contributed by atoms with Gasteiger partial charge in [0.1, 0.15) is 5.82 Å². The van der Waals surface area contributed by atoms with Crippen LogP contribution in [0.4, 0.5) is 11.6 Å². The van der Waals surface area contributed by atoms with E-state index in [4.69, 9.17) is 5.73 Å². The van der Waals surface area contributed by atoms with Crippen LogP contribution >= 0.6 is 0 Å². The van der Waals surface area contributed by atoms with E-state index in [1.165, 1.54) is 0 Å². The van der Waals surface area contributed by atoms with E-state index in [1.807, 2.05) is 38.1 Å². The molecule has 5 nitrogen and oxygen atoms in total. The molecule has 0 aromatic carbocycles. The van der Waals surface area contributed by atoms with E-state index in [-0.39, 0.29) is 5.96 Å². The molecule has 2 rings (SSSR count). The van der Waals surface area contributed by atoms with Crippen molar-refractivity contribution in [1.82, 2.24) is 9.97 Å². The molecule has 0 unspecified atom stereocenters. The average molecular weight is 241 g/mol. The summed E-state index contributed by atoms with van der Waals surface area (Å²) >= 11 is 0. The molecule has 2 aromatic heterocycles. The maximum atomic E-state index is 5.77. The highest BCUT2D eigenvalue weighted by atomic mass is 15.1. The minimum Gasteiger partial charge on any atom is -0.369 e. The zero-order valence-corrected chi connectivity index (χ0v) is 10.4. The molecule has 0 atom stereocenters. The Hall–Kier alpha value is -2.43. The highest BCUT2D eigenvalue weighted by Crippen LogP contribution is 2.08. The Balaban J connectivity index is 2.09. The van der Waals surface area contributed by atoms with Crippen LogP contribution in [0.5, 0.6) is 0 Å². The summed E-state index contributed by atoms with van der Waals surface area (Å²) in [5.41, 5.74) is 7.95. The maximum Gasteiger partial charge on any atom is 0.201 e. The van der Waals surface area contributed by atoms with Gasteiger partial charge in [0.15, 0.2) is 5.82 Å². The van der Waals surface area contributed by atoms with Crippen molar-refractivity contribution >= 4 is 17.6 Å². The summed E-state index contributed by atoms with van der Waals surface area (Å²) in [6.07, 6.45) is 3.51. The van der Waals surface area contributed by atoms with E-state index in [0.717, 1.165) is 11.1 Å². The highest BCUT2D eigenvalue weighted by Gasteiger charge is 1.97. The van der Waals surface area contributed by atoms with Crippen molar-refractivity contribution in [1.29, 1.82) is 0 Å². The molecule has 0 fully saturated rings. The summed E-state index contributed by atoms with van der Waals surface area (Å²) in [5, 5.41) is 2.91. The third-order valence-corrected chi connectivity index (χ3v) is 2.30. The van der Waals surface area contributed by atoms with Crippen molar-refractivity contribution < 1.29 is 0 Å². The predicted molar refractivity (Wildman–Crippen MR) is 72.9 cm³/mol. The van der Waals surface area contributed by atoms with Crippen molar-refractivity contribution in [3.05, 3.63) is 47.8 Å². The average Bonchev–Trinajstić information content (AvgIpc) is 2.35. The molecule has 3 N–H and O–H groups in total. The van der Waals surface area contributed by atoms with Crippen LogP contribution in [0.15, 0.2) is 41.7 Å². The van der Waals surface area contributed by atoms with Crippen LogP contribution in [0, 0.1) is 13.8 Å². The number of anilines is 1. The molecule has 0 saturated carbocycles. The van der Waals surface area contributed by atoms with Gasteiger partial charge < -0.3 is 11.1 Å². The van der Waals surface area contributed by atoms with Gasteiger partial charge in [-0.15, -0.1) is 0 Å². The van der Waals surface area contributed by atoms with Gasteiger partial charge in [0.05, 0.1) is 0 Å². The second-order valence-electron chi connectivity index (χ2n) is 4.04. The Kier molecular flexibility index (Phi) is 3.52. The lowest BCUT2D eigenvalue weighted by molar-refractivity contribution is 1.22. The van der Waals surface area contributed by atoms with Gasteiger partial charge in [-0.1, -0.05) is 12.1 Å². The molecular weight excluding hydrogens is 226 g/mol. The van der Waals surface area contributed by atoms with Gasteiger partial charge in [0.25, 0.3) is 0 Å². The van der Waals surface area contributed by atoms with Crippen LogP contribution in [0.25, 0.3) is 0 Å². The molecule has 5 heteroatoms. The summed E-state index contributed by atoms with van der Waals surface area (Å²) in [6, 6.07) is 7.54.